The van der Waals surface area contributed by atoms with E-state index in [-0.39, 0.29) is 24.4 Å². The molecule has 3 rings (SSSR count). The van der Waals surface area contributed by atoms with Crippen molar-refractivity contribution in [2.45, 2.75) is 26.5 Å². The van der Waals surface area contributed by atoms with Crippen LogP contribution < -0.4 is 10.9 Å². The number of rotatable bonds is 6. The van der Waals surface area contributed by atoms with E-state index in [1.54, 1.807) is 13.2 Å². The number of amides is 1. The quantitative estimate of drug-likeness (QED) is 0.741. The molecule has 0 radical (unpaired) electrons. The number of benzene rings is 2. The maximum absolute atomic E-state index is 12.6. The molecule has 3 aromatic rings. The number of para-hydroxylation sites is 2. The van der Waals surface area contributed by atoms with Crippen LogP contribution in [0.1, 0.15) is 17.5 Å². The SMILES string of the molecule is COCc1ccccc1NC(=O)CCn1cnc2c(C)cccc2c1=O. The molecule has 0 bridgehead atoms. The van der Waals surface area contributed by atoms with E-state index in [0.29, 0.717) is 17.5 Å². The van der Waals surface area contributed by atoms with Crippen molar-refractivity contribution in [2.24, 2.45) is 0 Å². The van der Waals surface area contributed by atoms with Crippen molar-refractivity contribution < 1.29 is 9.53 Å². The number of ether oxygens (including phenoxy) is 1. The molecular formula is C20H21N3O3. The molecule has 2 aromatic carbocycles. The van der Waals surface area contributed by atoms with Crippen LogP contribution >= 0.6 is 0 Å². The molecule has 1 aromatic heterocycles. The van der Waals surface area contributed by atoms with Crippen molar-refractivity contribution >= 4 is 22.5 Å². The fraction of sp³-hybridized carbons (Fsp3) is 0.250. The van der Waals surface area contributed by atoms with E-state index in [0.717, 1.165) is 16.8 Å². The highest BCUT2D eigenvalue weighted by molar-refractivity contribution is 5.91. The normalized spacial score (nSPS) is 10.8. The Morgan fingerprint density at radius 2 is 2.00 bits per heavy atom. The van der Waals surface area contributed by atoms with Crippen LogP contribution in [0.4, 0.5) is 5.69 Å². The monoisotopic (exact) mass is 351 g/mol. The van der Waals surface area contributed by atoms with E-state index in [1.165, 1.54) is 10.9 Å². The largest absolute Gasteiger partial charge is 0.380 e. The topological polar surface area (TPSA) is 73.2 Å². The molecule has 0 saturated carbocycles. The first-order valence-corrected chi connectivity index (χ1v) is 8.41. The van der Waals surface area contributed by atoms with Crippen molar-refractivity contribution in [3.05, 3.63) is 70.3 Å². The molecule has 134 valence electrons. The zero-order chi connectivity index (χ0) is 18.5. The van der Waals surface area contributed by atoms with Crippen LogP contribution in [0.5, 0.6) is 0 Å². The van der Waals surface area contributed by atoms with Crippen LogP contribution in [0.25, 0.3) is 10.9 Å². The van der Waals surface area contributed by atoms with E-state index >= 15 is 0 Å². The zero-order valence-electron chi connectivity index (χ0n) is 14.9. The van der Waals surface area contributed by atoms with E-state index in [1.807, 2.05) is 43.3 Å². The summed E-state index contributed by atoms with van der Waals surface area (Å²) in [5.74, 6) is -0.162. The summed E-state index contributed by atoms with van der Waals surface area (Å²) in [5.41, 5.74) is 3.15. The minimum absolute atomic E-state index is 0.133. The second kappa shape index (κ2) is 7.93. The van der Waals surface area contributed by atoms with Gasteiger partial charge in [0.15, 0.2) is 0 Å². The molecule has 0 aliphatic carbocycles. The number of hydrogen-bond acceptors (Lipinski definition) is 4. The highest BCUT2D eigenvalue weighted by Gasteiger charge is 2.09. The molecule has 6 nitrogen and oxygen atoms in total. The lowest BCUT2D eigenvalue weighted by molar-refractivity contribution is -0.116. The third kappa shape index (κ3) is 3.81. The molecule has 0 unspecified atom stereocenters. The highest BCUT2D eigenvalue weighted by atomic mass is 16.5. The minimum atomic E-state index is -0.162. The van der Waals surface area contributed by atoms with E-state index in [4.69, 9.17) is 4.74 Å². The predicted molar refractivity (Wildman–Crippen MR) is 101 cm³/mol. The van der Waals surface area contributed by atoms with E-state index in [2.05, 4.69) is 10.3 Å². The molecule has 0 aliphatic rings. The van der Waals surface area contributed by atoms with E-state index < -0.39 is 0 Å². The van der Waals surface area contributed by atoms with Crippen molar-refractivity contribution in [3.63, 3.8) is 0 Å². The summed E-state index contributed by atoms with van der Waals surface area (Å²) in [6.45, 7) is 2.61. The Morgan fingerprint density at radius 1 is 1.19 bits per heavy atom. The fourth-order valence-electron chi connectivity index (χ4n) is 2.86. The van der Waals surface area contributed by atoms with Crippen LogP contribution in [0.2, 0.25) is 0 Å². The average Bonchev–Trinajstić information content (AvgIpc) is 2.64. The van der Waals surface area contributed by atoms with Gasteiger partial charge < -0.3 is 10.1 Å². The summed E-state index contributed by atoms with van der Waals surface area (Å²) in [6, 6.07) is 13.0. The summed E-state index contributed by atoms with van der Waals surface area (Å²) in [4.78, 5) is 29.2. The Hall–Kier alpha value is -2.99. The Bertz CT molecular complexity index is 995. The number of nitrogens with zero attached hydrogens (tertiary/aromatic N) is 2. The smallest absolute Gasteiger partial charge is 0.261 e. The number of aryl methyl sites for hydroxylation is 2. The van der Waals surface area contributed by atoms with Crippen LogP contribution in [-0.4, -0.2) is 22.6 Å². The first kappa shape index (κ1) is 17.8. The minimum Gasteiger partial charge on any atom is -0.380 e. The molecule has 0 saturated heterocycles. The van der Waals surface area contributed by atoms with E-state index in [9.17, 15) is 9.59 Å². The summed E-state index contributed by atoms with van der Waals surface area (Å²) in [5, 5.41) is 3.44. The van der Waals surface area contributed by atoms with Crippen molar-refractivity contribution in [1.82, 2.24) is 9.55 Å². The standard InChI is InChI=1S/C20H21N3O3/c1-14-6-5-8-16-19(14)21-13-23(20(16)25)11-10-18(24)22-17-9-4-3-7-15(17)12-26-2/h3-9,13H,10-12H2,1-2H3,(H,22,24). The van der Waals surface area contributed by atoms with Crippen molar-refractivity contribution in [2.75, 3.05) is 12.4 Å². The Morgan fingerprint density at radius 3 is 2.81 bits per heavy atom. The number of methoxy groups -OCH3 is 1. The second-order valence-corrected chi connectivity index (χ2v) is 6.10. The Kier molecular flexibility index (Phi) is 5.43. The Labute approximate surface area is 151 Å². The van der Waals surface area contributed by atoms with Gasteiger partial charge in [0, 0.05) is 31.3 Å². The van der Waals surface area contributed by atoms with Crippen LogP contribution in [0.3, 0.4) is 0 Å². The number of nitrogens with one attached hydrogen (secondary N) is 1. The van der Waals surface area contributed by atoms with Gasteiger partial charge in [-0.05, 0) is 24.6 Å². The maximum Gasteiger partial charge on any atom is 0.261 e. The second-order valence-electron chi connectivity index (χ2n) is 6.10. The number of aromatic nitrogens is 2. The molecule has 0 aliphatic heterocycles. The lowest BCUT2D eigenvalue weighted by Crippen LogP contribution is -2.24. The van der Waals surface area contributed by atoms with Crippen LogP contribution in [0.15, 0.2) is 53.6 Å². The van der Waals surface area contributed by atoms with Gasteiger partial charge in [0.2, 0.25) is 5.91 Å². The third-order valence-corrected chi connectivity index (χ3v) is 4.23. The van der Waals surface area contributed by atoms with Gasteiger partial charge in [-0.15, -0.1) is 0 Å². The van der Waals surface area contributed by atoms with Crippen LogP contribution in [0, 0.1) is 6.92 Å². The van der Waals surface area contributed by atoms with Gasteiger partial charge >= 0.3 is 0 Å². The van der Waals surface area contributed by atoms with Crippen molar-refractivity contribution in [1.29, 1.82) is 0 Å². The molecule has 1 amide bonds. The summed E-state index contributed by atoms with van der Waals surface area (Å²) >= 11 is 0. The summed E-state index contributed by atoms with van der Waals surface area (Å²) in [6.07, 6.45) is 1.68. The summed E-state index contributed by atoms with van der Waals surface area (Å²) in [7, 11) is 1.61. The van der Waals surface area contributed by atoms with Gasteiger partial charge in [-0.3, -0.25) is 14.2 Å². The lowest BCUT2D eigenvalue weighted by Gasteiger charge is -2.11. The molecule has 0 spiro atoms. The number of carbonyl (C=O) groups excluding carboxylic acids is 1. The zero-order valence-corrected chi connectivity index (χ0v) is 14.9. The maximum atomic E-state index is 12.6. The number of hydrogen-bond donors (Lipinski definition) is 1. The molecule has 0 atom stereocenters. The van der Waals surface area contributed by atoms with Gasteiger partial charge in [0.05, 0.1) is 23.8 Å². The molecule has 26 heavy (non-hydrogen) atoms. The van der Waals surface area contributed by atoms with Gasteiger partial charge in [-0.1, -0.05) is 30.3 Å². The van der Waals surface area contributed by atoms with Gasteiger partial charge in [0.25, 0.3) is 5.56 Å². The number of carbonyl (C=O) groups is 1. The molecule has 1 N–H and O–H groups in total. The number of anilines is 1. The average molecular weight is 351 g/mol. The lowest BCUT2D eigenvalue weighted by atomic mass is 10.1. The molecule has 6 heteroatoms. The van der Waals surface area contributed by atoms with Crippen molar-refractivity contribution in [3.8, 4) is 0 Å². The van der Waals surface area contributed by atoms with Gasteiger partial charge in [0.1, 0.15) is 0 Å². The predicted octanol–water partition coefficient (Wildman–Crippen LogP) is 2.88. The van der Waals surface area contributed by atoms with Gasteiger partial charge in [-0.2, -0.15) is 0 Å². The first-order valence-electron chi connectivity index (χ1n) is 8.41. The Balaban J connectivity index is 1.72. The fourth-order valence-corrected chi connectivity index (χ4v) is 2.86. The first-order chi connectivity index (χ1) is 12.6. The third-order valence-electron chi connectivity index (χ3n) is 4.23. The highest BCUT2D eigenvalue weighted by Crippen LogP contribution is 2.16. The summed E-state index contributed by atoms with van der Waals surface area (Å²) < 4.78 is 6.62. The molecular weight excluding hydrogens is 330 g/mol. The molecule has 0 fully saturated rings. The molecule has 1 heterocycles. The van der Waals surface area contributed by atoms with Crippen LogP contribution in [-0.2, 0) is 22.7 Å². The number of fused-ring (bicyclic) bond motifs is 1. The van der Waals surface area contributed by atoms with Gasteiger partial charge in [-0.25, -0.2) is 4.98 Å².